The van der Waals surface area contributed by atoms with Crippen LogP contribution < -0.4 is 0 Å². The second-order valence-corrected chi connectivity index (χ2v) is 4.38. The summed E-state index contributed by atoms with van der Waals surface area (Å²) in [5, 5.41) is 8.78. The van der Waals surface area contributed by atoms with Gasteiger partial charge in [-0.15, -0.1) is 0 Å². The molecule has 0 amide bonds. The van der Waals surface area contributed by atoms with E-state index in [-0.39, 0.29) is 0 Å². The standard InChI is InChI=1S/C6H7Cl3O3/c1-2-4(10)5(11)12-3-6(7,8)9/h2,10H,3H2,1H3/b4-2+. The second-order valence-electron chi connectivity index (χ2n) is 1.87. The van der Waals surface area contributed by atoms with Crippen LogP contribution in [-0.2, 0) is 9.53 Å². The fourth-order valence-electron chi connectivity index (χ4n) is 0.339. The Bertz CT molecular complexity index is 195. The molecule has 0 fully saturated rings. The van der Waals surface area contributed by atoms with E-state index in [0.717, 1.165) is 0 Å². The maximum Gasteiger partial charge on any atom is 0.373 e. The number of carbonyl (C=O) groups is 1. The molecule has 1 N–H and O–H groups in total. The molecule has 0 bridgehead atoms. The van der Waals surface area contributed by atoms with Crippen molar-refractivity contribution in [3.8, 4) is 0 Å². The molecule has 0 heterocycles. The molecule has 0 rings (SSSR count). The SMILES string of the molecule is C/C=C(/O)C(=O)OCC(Cl)(Cl)Cl. The highest BCUT2D eigenvalue weighted by Crippen LogP contribution is 2.26. The Morgan fingerprint density at radius 2 is 2.08 bits per heavy atom. The van der Waals surface area contributed by atoms with Crippen LogP contribution in [-0.4, -0.2) is 21.5 Å². The van der Waals surface area contributed by atoms with Crippen molar-refractivity contribution in [1.29, 1.82) is 0 Å². The van der Waals surface area contributed by atoms with E-state index in [1.165, 1.54) is 13.0 Å². The Morgan fingerprint density at radius 3 is 2.42 bits per heavy atom. The Hall–Kier alpha value is -0.120. The minimum atomic E-state index is -1.65. The third-order valence-corrected chi connectivity index (χ3v) is 1.18. The minimum Gasteiger partial charge on any atom is -0.502 e. The zero-order chi connectivity index (χ0) is 9.78. The van der Waals surface area contributed by atoms with Crippen molar-refractivity contribution in [2.75, 3.05) is 6.61 Å². The number of allylic oxidation sites excluding steroid dienone is 1. The van der Waals surface area contributed by atoms with Crippen molar-refractivity contribution in [2.45, 2.75) is 10.7 Å². The predicted molar refractivity (Wildman–Crippen MR) is 47.6 cm³/mol. The number of aliphatic hydroxyl groups excluding tert-OH is 1. The number of alkyl halides is 3. The lowest BCUT2D eigenvalue weighted by Gasteiger charge is -2.10. The van der Waals surface area contributed by atoms with Gasteiger partial charge in [-0.1, -0.05) is 34.8 Å². The molecular formula is C6H7Cl3O3. The largest absolute Gasteiger partial charge is 0.502 e. The summed E-state index contributed by atoms with van der Waals surface area (Å²) in [6.45, 7) is 1.08. The predicted octanol–water partition coefficient (Wildman–Crippen LogP) is 2.36. The van der Waals surface area contributed by atoms with Gasteiger partial charge in [0.05, 0.1) is 0 Å². The van der Waals surface area contributed by atoms with Crippen LogP contribution in [0.2, 0.25) is 0 Å². The summed E-state index contributed by atoms with van der Waals surface area (Å²) >= 11 is 15.8. The molecule has 0 aliphatic carbocycles. The van der Waals surface area contributed by atoms with Crippen LogP contribution in [0.5, 0.6) is 0 Å². The molecule has 6 heteroatoms. The number of hydrogen-bond donors (Lipinski definition) is 1. The third kappa shape index (κ3) is 5.52. The van der Waals surface area contributed by atoms with Gasteiger partial charge >= 0.3 is 5.97 Å². The molecule has 0 saturated carbocycles. The molecule has 70 valence electrons. The average molecular weight is 233 g/mol. The van der Waals surface area contributed by atoms with Crippen LogP contribution in [0, 0.1) is 0 Å². The molecular weight excluding hydrogens is 226 g/mol. The van der Waals surface area contributed by atoms with Crippen molar-refractivity contribution >= 4 is 40.8 Å². The van der Waals surface area contributed by atoms with Gasteiger partial charge in [-0.3, -0.25) is 0 Å². The molecule has 0 atom stereocenters. The lowest BCUT2D eigenvalue weighted by Crippen LogP contribution is -2.18. The van der Waals surface area contributed by atoms with Gasteiger partial charge in [-0.05, 0) is 13.0 Å². The van der Waals surface area contributed by atoms with Crippen LogP contribution >= 0.6 is 34.8 Å². The molecule has 12 heavy (non-hydrogen) atoms. The average Bonchev–Trinajstić information content (AvgIpc) is 1.97. The Balaban J connectivity index is 3.89. The first kappa shape index (κ1) is 11.9. The van der Waals surface area contributed by atoms with Gasteiger partial charge in [0.15, 0.2) is 5.76 Å². The third-order valence-electron chi connectivity index (χ3n) is 0.850. The summed E-state index contributed by atoms with van der Waals surface area (Å²) in [5.74, 6) is -1.42. The molecule has 0 spiro atoms. The number of aliphatic hydroxyl groups is 1. The second kappa shape index (κ2) is 4.80. The summed E-state index contributed by atoms with van der Waals surface area (Å²) in [4.78, 5) is 10.7. The summed E-state index contributed by atoms with van der Waals surface area (Å²) in [6.07, 6.45) is 1.18. The lowest BCUT2D eigenvalue weighted by atomic mass is 10.5. The number of halogens is 3. The molecule has 0 aromatic heterocycles. The summed E-state index contributed by atoms with van der Waals surface area (Å²) < 4.78 is 2.76. The van der Waals surface area contributed by atoms with Gasteiger partial charge in [-0.25, -0.2) is 4.79 Å². The maximum atomic E-state index is 10.7. The van der Waals surface area contributed by atoms with Crippen molar-refractivity contribution in [2.24, 2.45) is 0 Å². The maximum absolute atomic E-state index is 10.7. The van der Waals surface area contributed by atoms with Crippen LogP contribution in [0.1, 0.15) is 6.92 Å². The molecule has 0 aromatic carbocycles. The van der Waals surface area contributed by atoms with Gasteiger partial charge in [-0.2, -0.15) is 0 Å². The minimum absolute atomic E-state index is 0.394. The molecule has 0 aliphatic rings. The first-order valence-electron chi connectivity index (χ1n) is 2.96. The molecule has 0 aromatic rings. The molecule has 0 saturated heterocycles. The Kier molecular flexibility index (Phi) is 4.75. The molecule has 0 unspecified atom stereocenters. The normalized spacial score (nSPS) is 12.8. The quantitative estimate of drug-likeness (QED) is 0.345. The van der Waals surface area contributed by atoms with Crippen LogP contribution in [0.25, 0.3) is 0 Å². The summed E-state index contributed by atoms with van der Waals surface area (Å²) in [6, 6.07) is 0. The van der Waals surface area contributed by atoms with Crippen molar-refractivity contribution in [1.82, 2.24) is 0 Å². The number of ether oxygens (including phenoxy) is 1. The number of carbonyl (C=O) groups excluding carboxylic acids is 1. The topological polar surface area (TPSA) is 46.5 Å². The van der Waals surface area contributed by atoms with Gasteiger partial charge in [0.25, 0.3) is 0 Å². The zero-order valence-corrected chi connectivity index (χ0v) is 8.45. The van der Waals surface area contributed by atoms with Gasteiger partial charge in [0.1, 0.15) is 6.61 Å². The highest BCUT2D eigenvalue weighted by atomic mass is 35.6. The van der Waals surface area contributed by atoms with E-state index < -0.39 is 22.1 Å². The number of hydrogen-bond acceptors (Lipinski definition) is 3. The van der Waals surface area contributed by atoms with Crippen LogP contribution in [0.3, 0.4) is 0 Å². The lowest BCUT2D eigenvalue weighted by molar-refractivity contribution is -0.141. The van der Waals surface area contributed by atoms with Gasteiger partial charge in [0, 0.05) is 0 Å². The number of rotatable bonds is 2. The van der Waals surface area contributed by atoms with E-state index in [9.17, 15) is 4.79 Å². The zero-order valence-electron chi connectivity index (χ0n) is 6.18. The van der Waals surface area contributed by atoms with Crippen LogP contribution in [0.4, 0.5) is 0 Å². The highest BCUT2D eigenvalue weighted by molar-refractivity contribution is 6.67. The molecule has 0 radical (unpaired) electrons. The first-order valence-corrected chi connectivity index (χ1v) is 4.09. The highest BCUT2D eigenvalue weighted by Gasteiger charge is 2.22. The fourth-order valence-corrected chi connectivity index (χ4v) is 0.503. The van der Waals surface area contributed by atoms with Gasteiger partial charge < -0.3 is 9.84 Å². The number of esters is 1. The van der Waals surface area contributed by atoms with E-state index in [0.29, 0.717) is 0 Å². The first-order chi connectivity index (χ1) is 5.37. The van der Waals surface area contributed by atoms with Crippen LogP contribution in [0.15, 0.2) is 11.8 Å². The molecule has 3 nitrogen and oxygen atoms in total. The fraction of sp³-hybridized carbons (Fsp3) is 0.500. The smallest absolute Gasteiger partial charge is 0.373 e. The monoisotopic (exact) mass is 232 g/mol. The van der Waals surface area contributed by atoms with Gasteiger partial charge in [0.2, 0.25) is 3.79 Å². The van der Waals surface area contributed by atoms with Crippen molar-refractivity contribution in [3.63, 3.8) is 0 Å². The van der Waals surface area contributed by atoms with E-state index in [1.807, 2.05) is 0 Å². The van der Waals surface area contributed by atoms with E-state index >= 15 is 0 Å². The summed E-state index contributed by atoms with van der Waals surface area (Å²) in [7, 11) is 0. The Morgan fingerprint density at radius 1 is 1.58 bits per heavy atom. The Labute approximate surface area is 84.9 Å². The van der Waals surface area contributed by atoms with Crippen molar-refractivity contribution < 1.29 is 14.6 Å². The van der Waals surface area contributed by atoms with E-state index in [4.69, 9.17) is 39.9 Å². The van der Waals surface area contributed by atoms with Crippen molar-refractivity contribution in [3.05, 3.63) is 11.8 Å². The van der Waals surface area contributed by atoms with E-state index in [2.05, 4.69) is 4.74 Å². The molecule has 0 aliphatic heterocycles. The van der Waals surface area contributed by atoms with E-state index in [1.54, 1.807) is 0 Å². The summed E-state index contributed by atoms with van der Waals surface area (Å²) in [5.41, 5.74) is 0.